The Balaban J connectivity index is 1.17. The molecular weight excluding hydrogens is 700 g/mol. The van der Waals surface area contributed by atoms with Gasteiger partial charge in [0.15, 0.2) is 0 Å². The summed E-state index contributed by atoms with van der Waals surface area (Å²) in [6, 6.07) is 57.6. The molecule has 0 nitrogen and oxygen atoms in total. The Hall–Kier alpha value is -4.96. The maximum Gasteiger partial charge on any atom is 0.247 e. The normalized spacial score (nSPS) is 13.5. The molecular formula is C52H43BS2. The molecule has 0 saturated heterocycles. The van der Waals surface area contributed by atoms with Crippen LogP contribution in [0.25, 0.3) is 54.9 Å². The van der Waals surface area contributed by atoms with E-state index in [9.17, 15) is 0 Å². The first-order chi connectivity index (χ1) is 26.5. The third-order valence-electron chi connectivity index (χ3n) is 11.7. The second-order valence-corrected chi connectivity index (χ2v) is 19.5. The van der Waals surface area contributed by atoms with Crippen LogP contribution in [-0.2, 0) is 10.8 Å². The van der Waals surface area contributed by atoms with Crippen LogP contribution in [0.5, 0.6) is 0 Å². The first kappa shape index (κ1) is 34.5. The summed E-state index contributed by atoms with van der Waals surface area (Å²) in [5, 5.41) is 5.13. The number of fused-ring (bicyclic) bond motifs is 6. The molecule has 2 aliphatic heterocycles. The zero-order chi connectivity index (χ0) is 37.6. The minimum atomic E-state index is 0.0822. The third-order valence-corrected chi connectivity index (χ3v) is 14.0. The van der Waals surface area contributed by atoms with Crippen molar-refractivity contribution in [3.63, 3.8) is 0 Å². The van der Waals surface area contributed by atoms with Crippen LogP contribution in [0.15, 0.2) is 171 Å². The summed E-state index contributed by atoms with van der Waals surface area (Å²) in [6.45, 7) is 14.1. The zero-order valence-corrected chi connectivity index (χ0v) is 34.0. The van der Waals surface area contributed by atoms with E-state index in [1.807, 2.05) is 23.5 Å². The Morgan fingerprint density at radius 1 is 0.364 bits per heavy atom. The molecule has 55 heavy (non-hydrogen) atoms. The topological polar surface area (TPSA) is 0 Å². The monoisotopic (exact) mass is 742 g/mol. The van der Waals surface area contributed by atoms with Crippen molar-refractivity contribution in [2.24, 2.45) is 0 Å². The van der Waals surface area contributed by atoms with E-state index in [4.69, 9.17) is 0 Å². The molecule has 3 heteroatoms. The summed E-state index contributed by atoms with van der Waals surface area (Å²) < 4.78 is 0. The van der Waals surface area contributed by atoms with Gasteiger partial charge in [-0.2, -0.15) is 0 Å². The number of rotatable bonds is 3. The van der Waals surface area contributed by atoms with Gasteiger partial charge in [-0.05, 0) is 113 Å². The van der Waals surface area contributed by atoms with Crippen molar-refractivity contribution in [1.82, 2.24) is 0 Å². The van der Waals surface area contributed by atoms with E-state index in [0.717, 1.165) is 0 Å². The Kier molecular flexibility index (Phi) is 8.04. The van der Waals surface area contributed by atoms with Crippen LogP contribution < -0.4 is 16.4 Å². The maximum absolute atomic E-state index is 2.48. The lowest BCUT2D eigenvalue weighted by atomic mass is 9.36. The number of benzene rings is 8. The SMILES string of the molecule is CC(C)(C)c1ccc2c(c1)Sc1cc(-c3cccc(-c4c5ccccc5c(-c5ccccc5)c5ccccc45)c3)cc3c1B2c1ccc(C(C)(C)C)cc1S3. The van der Waals surface area contributed by atoms with Gasteiger partial charge in [0, 0.05) is 19.6 Å². The van der Waals surface area contributed by atoms with Crippen molar-refractivity contribution in [2.45, 2.75) is 72.0 Å². The summed E-state index contributed by atoms with van der Waals surface area (Å²) in [5.74, 6) is 0. The number of hydrogen-bond acceptors (Lipinski definition) is 2. The second kappa shape index (κ2) is 12.8. The molecule has 0 aromatic heterocycles. The Bertz CT molecular complexity index is 2690. The van der Waals surface area contributed by atoms with Gasteiger partial charge in [-0.15, -0.1) is 0 Å². The maximum atomic E-state index is 2.48. The Morgan fingerprint density at radius 2 is 0.800 bits per heavy atom. The highest BCUT2D eigenvalue weighted by Crippen LogP contribution is 2.46. The molecule has 0 bridgehead atoms. The standard InChI is InChI=1S/C52H43BS2/c1-51(2,3)36-23-25-42-44(30-36)54-46-28-35(29-47-50(46)53(42)43-26-24-37(52(4,5)6)31-45(43)55-47)33-17-14-18-34(27-33)49-40-21-12-10-19-38(40)48(32-15-8-7-9-16-32)39-20-11-13-22-41(39)49/h7-31H,1-6H3. The van der Waals surface area contributed by atoms with E-state index in [2.05, 4.69) is 193 Å². The predicted molar refractivity (Wildman–Crippen MR) is 241 cm³/mol. The van der Waals surface area contributed by atoms with Crippen molar-refractivity contribution < 1.29 is 0 Å². The van der Waals surface area contributed by atoms with E-state index < -0.39 is 0 Å². The van der Waals surface area contributed by atoms with Gasteiger partial charge in [0.2, 0.25) is 6.71 Å². The minimum Gasteiger partial charge on any atom is -0.0911 e. The highest BCUT2D eigenvalue weighted by Gasteiger charge is 2.39. The van der Waals surface area contributed by atoms with Crippen LogP contribution in [0.4, 0.5) is 0 Å². The molecule has 0 spiro atoms. The van der Waals surface area contributed by atoms with Crippen molar-refractivity contribution in [1.29, 1.82) is 0 Å². The molecule has 0 aliphatic carbocycles. The van der Waals surface area contributed by atoms with Crippen LogP contribution in [-0.4, -0.2) is 6.71 Å². The summed E-state index contributed by atoms with van der Waals surface area (Å²) >= 11 is 3.92. The van der Waals surface area contributed by atoms with Gasteiger partial charge in [0.25, 0.3) is 0 Å². The first-order valence-corrected chi connectivity index (χ1v) is 21.1. The molecule has 2 aliphatic rings. The molecule has 2 heterocycles. The molecule has 8 aromatic carbocycles. The highest BCUT2D eigenvalue weighted by atomic mass is 32.2. The fourth-order valence-electron chi connectivity index (χ4n) is 8.80. The van der Waals surface area contributed by atoms with Crippen LogP contribution in [0.2, 0.25) is 0 Å². The van der Waals surface area contributed by atoms with Gasteiger partial charge in [-0.3, -0.25) is 0 Å². The highest BCUT2D eigenvalue weighted by molar-refractivity contribution is 8.01. The van der Waals surface area contributed by atoms with E-state index >= 15 is 0 Å². The summed E-state index contributed by atoms with van der Waals surface area (Å²) in [7, 11) is 0. The summed E-state index contributed by atoms with van der Waals surface area (Å²) in [5.41, 5.74) is 14.9. The van der Waals surface area contributed by atoms with E-state index in [0.29, 0.717) is 0 Å². The molecule has 8 aromatic rings. The average molecular weight is 743 g/mol. The lowest BCUT2D eigenvalue weighted by Gasteiger charge is -2.35. The fourth-order valence-corrected chi connectivity index (χ4v) is 11.4. The van der Waals surface area contributed by atoms with E-state index in [1.165, 1.54) is 102 Å². The largest absolute Gasteiger partial charge is 0.247 e. The quantitative estimate of drug-likeness (QED) is 0.131. The third kappa shape index (κ3) is 5.78. The molecule has 0 N–H and O–H groups in total. The molecule has 266 valence electrons. The van der Waals surface area contributed by atoms with Crippen molar-refractivity contribution in [3.8, 4) is 33.4 Å². The van der Waals surface area contributed by atoms with E-state index in [-0.39, 0.29) is 17.5 Å². The van der Waals surface area contributed by atoms with Gasteiger partial charge in [-0.1, -0.05) is 197 Å². The molecule has 0 amide bonds. The Morgan fingerprint density at radius 3 is 1.29 bits per heavy atom. The van der Waals surface area contributed by atoms with Crippen LogP contribution >= 0.6 is 23.5 Å². The zero-order valence-electron chi connectivity index (χ0n) is 32.3. The van der Waals surface area contributed by atoms with Crippen molar-refractivity contribution in [2.75, 3.05) is 0 Å². The summed E-state index contributed by atoms with van der Waals surface area (Å²) in [6.07, 6.45) is 0. The fraction of sp³-hybridized carbons (Fsp3) is 0.154. The van der Waals surface area contributed by atoms with Crippen molar-refractivity contribution in [3.05, 3.63) is 163 Å². The van der Waals surface area contributed by atoms with Gasteiger partial charge in [-0.25, -0.2) is 0 Å². The van der Waals surface area contributed by atoms with Gasteiger partial charge < -0.3 is 0 Å². The van der Waals surface area contributed by atoms with Crippen LogP contribution in [0.1, 0.15) is 52.7 Å². The molecule has 0 atom stereocenters. The van der Waals surface area contributed by atoms with Crippen LogP contribution in [0.3, 0.4) is 0 Å². The average Bonchev–Trinajstić information content (AvgIpc) is 3.18. The Labute approximate surface area is 334 Å². The molecule has 0 fully saturated rings. The van der Waals surface area contributed by atoms with E-state index in [1.54, 1.807) is 0 Å². The second-order valence-electron chi connectivity index (χ2n) is 17.3. The van der Waals surface area contributed by atoms with Crippen LogP contribution in [0, 0.1) is 0 Å². The van der Waals surface area contributed by atoms with Gasteiger partial charge >= 0.3 is 0 Å². The van der Waals surface area contributed by atoms with Gasteiger partial charge in [0.1, 0.15) is 0 Å². The lowest BCUT2D eigenvalue weighted by Crippen LogP contribution is -2.58. The molecule has 0 radical (unpaired) electrons. The number of hydrogen-bond donors (Lipinski definition) is 0. The summed E-state index contributed by atoms with van der Waals surface area (Å²) in [4.78, 5) is 5.53. The van der Waals surface area contributed by atoms with Crippen molar-refractivity contribution >= 4 is 68.2 Å². The predicted octanol–water partition coefficient (Wildman–Crippen LogP) is 13.0. The lowest BCUT2D eigenvalue weighted by molar-refractivity contribution is 0.589. The molecule has 0 saturated carbocycles. The smallest absolute Gasteiger partial charge is 0.0911 e. The molecule has 10 rings (SSSR count). The minimum absolute atomic E-state index is 0.0822. The molecule has 0 unspecified atom stereocenters. The van der Waals surface area contributed by atoms with Gasteiger partial charge in [0.05, 0.1) is 0 Å². The first-order valence-electron chi connectivity index (χ1n) is 19.5.